The maximum Gasteiger partial charge on any atom is 0.315 e. The van der Waals surface area contributed by atoms with Gasteiger partial charge in [-0.2, -0.15) is 0 Å². The topological polar surface area (TPSA) is 65.6 Å². The van der Waals surface area contributed by atoms with Gasteiger partial charge in [0.1, 0.15) is 5.75 Å². The van der Waals surface area contributed by atoms with E-state index >= 15 is 0 Å². The van der Waals surface area contributed by atoms with Crippen LogP contribution >= 0.6 is 0 Å². The molecule has 186 valence electrons. The molecule has 4 rings (SSSR count). The summed E-state index contributed by atoms with van der Waals surface area (Å²) in [6, 6.07) is 13.9. The summed E-state index contributed by atoms with van der Waals surface area (Å²) in [5, 5.41) is 1.09. The van der Waals surface area contributed by atoms with Crippen LogP contribution in [0.15, 0.2) is 42.5 Å². The fourth-order valence-corrected chi connectivity index (χ4v) is 4.80. The Labute approximate surface area is 208 Å². The molecule has 35 heavy (non-hydrogen) atoms. The second-order valence-corrected chi connectivity index (χ2v) is 9.81. The van der Waals surface area contributed by atoms with Gasteiger partial charge in [0, 0.05) is 54.4 Å². The average Bonchev–Trinajstić information content (AvgIpc) is 3.16. The van der Waals surface area contributed by atoms with Crippen molar-refractivity contribution in [1.29, 1.82) is 0 Å². The lowest BCUT2D eigenvalue weighted by atomic mass is 10.0. The third kappa shape index (κ3) is 5.93. The molecule has 0 atom stereocenters. The van der Waals surface area contributed by atoms with E-state index in [1.807, 2.05) is 11.8 Å². The summed E-state index contributed by atoms with van der Waals surface area (Å²) in [5.41, 5.74) is 4.93. The van der Waals surface area contributed by atoms with Crippen LogP contribution < -0.4 is 4.74 Å². The quantitative estimate of drug-likeness (QED) is 0.362. The SMILES string of the molecule is CCCCc1ccc2[nH]c(C)c(CC(=O)Oc3ccc(C(=O)N4CCN(C(C)C)CC4)cc3)c2c1. The third-order valence-electron chi connectivity index (χ3n) is 6.99. The van der Waals surface area contributed by atoms with Crippen molar-refractivity contribution in [1.82, 2.24) is 14.8 Å². The number of ether oxygens (including phenoxy) is 1. The molecule has 0 radical (unpaired) electrons. The number of esters is 1. The number of carbonyl (C=O) groups is 2. The molecule has 1 amide bonds. The number of piperazine rings is 1. The number of H-pyrrole nitrogens is 1. The van der Waals surface area contributed by atoms with Gasteiger partial charge in [-0.1, -0.05) is 19.4 Å². The lowest BCUT2D eigenvalue weighted by molar-refractivity contribution is -0.133. The number of fused-ring (bicyclic) bond motifs is 1. The van der Waals surface area contributed by atoms with Crippen LogP contribution in [-0.2, 0) is 17.6 Å². The molecule has 0 saturated carbocycles. The number of nitrogens with one attached hydrogen (secondary N) is 1. The number of aryl methyl sites for hydroxylation is 2. The molecular weight excluding hydrogens is 438 g/mol. The summed E-state index contributed by atoms with van der Waals surface area (Å²) in [7, 11) is 0. The second-order valence-electron chi connectivity index (χ2n) is 9.81. The number of benzene rings is 2. The Bertz CT molecular complexity index is 1170. The highest BCUT2D eigenvalue weighted by atomic mass is 16.5. The predicted molar refractivity (Wildman–Crippen MR) is 140 cm³/mol. The predicted octanol–water partition coefficient (Wildman–Crippen LogP) is 5.13. The van der Waals surface area contributed by atoms with E-state index in [0.717, 1.165) is 67.6 Å². The molecule has 1 saturated heterocycles. The van der Waals surface area contributed by atoms with Gasteiger partial charge in [0.15, 0.2) is 0 Å². The number of hydrogen-bond donors (Lipinski definition) is 1. The summed E-state index contributed by atoms with van der Waals surface area (Å²) in [4.78, 5) is 33.3. The Morgan fingerprint density at radius 2 is 1.74 bits per heavy atom. The van der Waals surface area contributed by atoms with Gasteiger partial charge in [-0.05, 0) is 81.1 Å². The second kappa shape index (κ2) is 11.1. The van der Waals surface area contributed by atoms with Crippen LogP contribution in [0.1, 0.15) is 60.8 Å². The molecule has 1 N–H and O–H groups in total. The smallest absolute Gasteiger partial charge is 0.315 e. The monoisotopic (exact) mass is 475 g/mol. The van der Waals surface area contributed by atoms with Gasteiger partial charge in [0.05, 0.1) is 6.42 Å². The van der Waals surface area contributed by atoms with Crippen molar-refractivity contribution in [3.8, 4) is 5.75 Å². The van der Waals surface area contributed by atoms with E-state index in [-0.39, 0.29) is 18.3 Å². The summed E-state index contributed by atoms with van der Waals surface area (Å²) in [6.07, 6.45) is 3.55. The molecule has 2 aromatic carbocycles. The average molecular weight is 476 g/mol. The highest BCUT2D eigenvalue weighted by Gasteiger charge is 2.23. The van der Waals surface area contributed by atoms with E-state index in [4.69, 9.17) is 4.74 Å². The lowest BCUT2D eigenvalue weighted by Gasteiger charge is -2.37. The van der Waals surface area contributed by atoms with Crippen molar-refractivity contribution in [2.75, 3.05) is 26.2 Å². The first-order valence-corrected chi connectivity index (χ1v) is 12.8. The Morgan fingerprint density at radius 1 is 1.03 bits per heavy atom. The van der Waals surface area contributed by atoms with Gasteiger partial charge < -0.3 is 14.6 Å². The lowest BCUT2D eigenvalue weighted by Crippen LogP contribution is -2.50. The fourth-order valence-electron chi connectivity index (χ4n) is 4.80. The normalized spacial score (nSPS) is 14.6. The van der Waals surface area contributed by atoms with E-state index in [2.05, 4.69) is 48.9 Å². The summed E-state index contributed by atoms with van der Waals surface area (Å²) >= 11 is 0. The first-order chi connectivity index (χ1) is 16.9. The molecule has 1 aromatic heterocycles. The minimum Gasteiger partial charge on any atom is -0.426 e. The van der Waals surface area contributed by atoms with Crippen molar-refractivity contribution in [2.45, 2.75) is 59.4 Å². The van der Waals surface area contributed by atoms with Crippen molar-refractivity contribution in [3.63, 3.8) is 0 Å². The summed E-state index contributed by atoms with van der Waals surface area (Å²) < 4.78 is 5.62. The highest BCUT2D eigenvalue weighted by molar-refractivity contribution is 5.94. The molecule has 3 aromatic rings. The van der Waals surface area contributed by atoms with Gasteiger partial charge in [0.2, 0.25) is 0 Å². The van der Waals surface area contributed by atoms with Crippen LogP contribution in [0.2, 0.25) is 0 Å². The number of rotatable bonds is 8. The number of aromatic nitrogens is 1. The van der Waals surface area contributed by atoms with Crippen LogP contribution in [0.5, 0.6) is 5.75 Å². The van der Waals surface area contributed by atoms with Crippen LogP contribution in [0.25, 0.3) is 10.9 Å². The molecule has 0 spiro atoms. The Balaban J connectivity index is 1.38. The maximum absolute atomic E-state index is 12.9. The molecule has 1 fully saturated rings. The highest BCUT2D eigenvalue weighted by Crippen LogP contribution is 2.25. The first-order valence-electron chi connectivity index (χ1n) is 12.8. The van der Waals surface area contributed by atoms with Crippen molar-refractivity contribution in [3.05, 3.63) is 64.8 Å². The zero-order chi connectivity index (χ0) is 24.9. The van der Waals surface area contributed by atoms with Gasteiger partial charge >= 0.3 is 5.97 Å². The minimum atomic E-state index is -0.308. The zero-order valence-electron chi connectivity index (χ0n) is 21.4. The molecule has 0 aliphatic carbocycles. The molecule has 1 aliphatic heterocycles. The number of carbonyl (C=O) groups excluding carboxylic acids is 2. The maximum atomic E-state index is 12.9. The van der Waals surface area contributed by atoms with Crippen LogP contribution in [0, 0.1) is 6.92 Å². The largest absolute Gasteiger partial charge is 0.426 e. The fraction of sp³-hybridized carbons (Fsp3) is 0.448. The zero-order valence-corrected chi connectivity index (χ0v) is 21.4. The number of amides is 1. The van der Waals surface area contributed by atoms with Crippen LogP contribution in [0.4, 0.5) is 0 Å². The number of hydrogen-bond acceptors (Lipinski definition) is 4. The summed E-state index contributed by atoms with van der Waals surface area (Å²) in [5.74, 6) is 0.175. The van der Waals surface area contributed by atoms with Gasteiger partial charge in [-0.15, -0.1) is 0 Å². The van der Waals surface area contributed by atoms with E-state index in [9.17, 15) is 9.59 Å². The first kappa shape index (κ1) is 25.0. The molecule has 6 heteroatoms. The molecule has 6 nitrogen and oxygen atoms in total. The Kier molecular flexibility index (Phi) is 7.91. The summed E-state index contributed by atoms with van der Waals surface area (Å²) in [6.45, 7) is 11.8. The molecule has 1 aliphatic rings. The standard InChI is InChI=1S/C29H37N3O3/c1-5-6-7-22-8-13-27-26(18-22)25(21(4)30-27)19-28(33)35-24-11-9-23(10-12-24)29(34)32-16-14-31(15-17-32)20(2)3/h8-13,18,20,30H,5-7,14-17,19H2,1-4H3. The van der Waals surface area contributed by atoms with Crippen molar-refractivity contribution < 1.29 is 14.3 Å². The van der Waals surface area contributed by atoms with E-state index in [1.54, 1.807) is 24.3 Å². The van der Waals surface area contributed by atoms with Crippen molar-refractivity contribution >= 4 is 22.8 Å². The van der Waals surface area contributed by atoms with E-state index in [1.165, 1.54) is 5.56 Å². The minimum absolute atomic E-state index is 0.0274. The van der Waals surface area contributed by atoms with E-state index in [0.29, 0.717) is 17.4 Å². The number of nitrogens with zero attached hydrogens (tertiary/aromatic N) is 2. The Hall–Kier alpha value is -3.12. The van der Waals surface area contributed by atoms with E-state index < -0.39 is 0 Å². The van der Waals surface area contributed by atoms with Gasteiger partial charge in [-0.3, -0.25) is 14.5 Å². The molecule has 2 heterocycles. The molecule has 0 unspecified atom stereocenters. The van der Waals surface area contributed by atoms with Crippen LogP contribution in [-0.4, -0.2) is 58.9 Å². The molecular formula is C29H37N3O3. The number of aromatic amines is 1. The number of unbranched alkanes of at least 4 members (excludes halogenated alkanes) is 1. The molecule has 0 bridgehead atoms. The Morgan fingerprint density at radius 3 is 2.40 bits per heavy atom. The third-order valence-corrected chi connectivity index (χ3v) is 6.99. The van der Waals surface area contributed by atoms with Gasteiger partial charge in [-0.25, -0.2) is 0 Å². The van der Waals surface area contributed by atoms with Gasteiger partial charge in [0.25, 0.3) is 5.91 Å². The van der Waals surface area contributed by atoms with Crippen LogP contribution in [0.3, 0.4) is 0 Å². The van der Waals surface area contributed by atoms with Crippen molar-refractivity contribution in [2.24, 2.45) is 0 Å².